The van der Waals surface area contributed by atoms with E-state index in [0.717, 1.165) is 11.3 Å². The molecular formula is C12H17NO3. The second-order valence-electron chi connectivity index (χ2n) is 3.50. The molecule has 2 N–H and O–H groups in total. The van der Waals surface area contributed by atoms with E-state index < -0.39 is 12.0 Å². The molecule has 1 aromatic rings. The third-order valence-corrected chi connectivity index (χ3v) is 2.15. The van der Waals surface area contributed by atoms with E-state index in [1.165, 1.54) is 0 Å². The van der Waals surface area contributed by atoms with E-state index in [1.54, 1.807) is 6.92 Å². The summed E-state index contributed by atoms with van der Waals surface area (Å²) in [4.78, 5) is 11.4. The van der Waals surface area contributed by atoms with Gasteiger partial charge in [-0.05, 0) is 26.0 Å². The van der Waals surface area contributed by atoms with E-state index in [-0.39, 0.29) is 6.61 Å². The number of rotatable bonds is 5. The minimum atomic E-state index is -0.706. The number of benzene rings is 1. The minimum Gasteiger partial charge on any atom is -0.464 e. The second kappa shape index (κ2) is 6.12. The Morgan fingerprint density at radius 3 is 2.56 bits per heavy atom. The van der Waals surface area contributed by atoms with Crippen molar-refractivity contribution >= 4 is 11.7 Å². The van der Waals surface area contributed by atoms with Gasteiger partial charge in [-0.3, -0.25) is 0 Å². The lowest BCUT2D eigenvalue weighted by Crippen LogP contribution is -2.34. The van der Waals surface area contributed by atoms with E-state index in [4.69, 9.17) is 9.84 Å². The van der Waals surface area contributed by atoms with Crippen LogP contribution >= 0.6 is 0 Å². The molecule has 0 aliphatic rings. The van der Waals surface area contributed by atoms with Crippen LogP contribution in [0, 0.1) is 6.92 Å². The van der Waals surface area contributed by atoms with Crippen LogP contribution < -0.4 is 5.32 Å². The maximum absolute atomic E-state index is 11.4. The fourth-order valence-electron chi connectivity index (χ4n) is 1.27. The number of nitrogens with one attached hydrogen (secondary N) is 1. The predicted molar refractivity (Wildman–Crippen MR) is 62.3 cm³/mol. The molecule has 1 atom stereocenters. The summed E-state index contributed by atoms with van der Waals surface area (Å²) in [6, 6.07) is 6.88. The van der Waals surface area contributed by atoms with Crippen molar-refractivity contribution < 1.29 is 14.6 Å². The summed E-state index contributed by atoms with van der Waals surface area (Å²) in [5.74, 6) is -0.439. The zero-order valence-electron chi connectivity index (χ0n) is 9.56. The number of aryl methyl sites for hydroxylation is 1. The lowest BCUT2D eigenvalue weighted by molar-refractivity contribution is -0.144. The topological polar surface area (TPSA) is 58.6 Å². The summed E-state index contributed by atoms with van der Waals surface area (Å²) < 4.78 is 4.83. The summed E-state index contributed by atoms with van der Waals surface area (Å²) in [6.07, 6.45) is 0. The number of aliphatic hydroxyl groups is 1. The first kappa shape index (κ1) is 12.5. The number of carbonyl (C=O) groups excluding carboxylic acids is 1. The Balaban J connectivity index is 2.62. The summed E-state index contributed by atoms with van der Waals surface area (Å²) >= 11 is 0. The standard InChI is InChI=1S/C12H17NO3/c1-3-16-12(15)11(8-14)13-10-6-4-9(2)5-7-10/h4-7,11,13-14H,3,8H2,1-2H3/t11-/m0/s1. The van der Waals surface area contributed by atoms with Gasteiger partial charge in [-0.2, -0.15) is 0 Å². The highest BCUT2D eigenvalue weighted by Gasteiger charge is 2.17. The second-order valence-corrected chi connectivity index (χ2v) is 3.50. The molecule has 0 bridgehead atoms. The van der Waals surface area contributed by atoms with Crippen LogP contribution in [0.15, 0.2) is 24.3 Å². The van der Waals surface area contributed by atoms with Crippen LogP contribution in [-0.4, -0.2) is 30.3 Å². The number of esters is 1. The maximum Gasteiger partial charge on any atom is 0.330 e. The average molecular weight is 223 g/mol. The Labute approximate surface area is 95.2 Å². The van der Waals surface area contributed by atoms with Gasteiger partial charge in [0.25, 0.3) is 0 Å². The maximum atomic E-state index is 11.4. The molecule has 0 heterocycles. The van der Waals surface area contributed by atoms with Gasteiger partial charge in [0, 0.05) is 5.69 Å². The third kappa shape index (κ3) is 3.55. The van der Waals surface area contributed by atoms with Gasteiger partial charge in [0.2, 0.25) is 0 Å². The Morgan fingerprint density at radius 2 is 2.06 bits per heavy atom. The van der Waals surface area contributed by atoms with Crippen molar-refractivity contribution in [3.8, 4) is 0 Å². The fourth-order valence-corrected chi connectivity index (χ4v) is 1.27. The number of aliphatic hydroxyl groups excluding tert-OH is 1. The number of anilines is 1. The number of hydrogen-bond donors (Lipinski definition) is 2. The van der Waals surface area contributed by atoms with Crippen LogP contribution in [-0.2, 0) is 9.53 Å². The fraction of sp³-hybridized carbons (Fsp3) is 0.417. The smallest absolute Gasteiger partial charge is 0.330 e. The van der Waals surface area contributed by atoms with E-state index in [1.807, 2.05) is 31.2 Å². The van der Waals surface area contributed by atoms with E-state index in [2.05, 4.69) is 5.32 Å². The summed E-state index contributed by atoms with van der Waals surface area (Å²) in [6.45, 7) is 3.74. The lowest BCUT2D eigenvalue weighted by atomic mass is 10.2. The van der Waals surface area contributed by atoms with Gasteiger partial charge < -0.3 is 15.2 Å². The molecule has 0 unspecified atom stereocenters. The predicted octanol–water partition coefficient (Wildman–Crippen LogP) is 1.33. The molecule has 0 spiro atoms. The van der Waals surface area contributed by atoms with Crippen molar-refractivity contribution in [3.05, 3.63) is 29.8 Å². The van der Waals surface area contributed by atoms with Gasteiger partial charge in [0.05, 0.1) is 13.2 Å². The van der Waals surface area contributed by atoms with Gasteiger partial charge in [-0.1, -0.05) is 17.7 Å². The zero-order chi connectivity index (χ0) is 12.0. The minimum absolute atomic E-state index is 0.285. The molecule has 0 saturated heterocycles. The van der Waals surface area contributed by atoms with Crippen LogP contribution in [0.4, 0.5) is 5.69 Å². The quantitative estimate of drug-likeness (QED) is 0.739. The molecular weight excluding hydrogens is 206 g/mol. The lowest BCUT2D eigenvalue weighted by Gasteiger charge is -2.15. The largest absolute Gasteiger partial charge is 0.464 e. The molecule has 0 fully saturated rings. The van der Waals surface area contributed by atoms with Crippen LogP contribution in [0.3, 0.4) is 0 Å². The first-order valence-electron chi connectivity index (χ1n) is 5.28. The van der Waals surface area contributed by atoms with Crippen LogP contribution in [0.25, 0.3) is 0 Å². The van der Waals surface area contributed by atoms with Crippen molar-refractivity contribution in [3.63, 3.8) is 0 Å². The van der Waals surface area contributed by atoms with E-state index in [9.17, 15) is 4.79 Å². The Kier molecular flexibility index (Phi) is 4.79. The molecule has 0 aliphatic heterocycles. The van der Waals surface area contributed by atoms with Gasteiger partial charge in [-0.15, -0.1) is 0 Å². The van der Waals surface area contributed by atoms with Crippen LogP contribution in [0.1, 0.15) is 12.5 Å². The molecule has 0 aromatic heterocycles. The van der Waals surface area contributed by atoms with E-state index >= 15 is 0 Å². The molecule has 4 heteroatoms. The zero-order valence-corrected chi connectivity index (χ0v) is 9.56. The van der Waals surface area contributed by atoms with Gasteiger partial charge in [0.15, 0.2) is 0 Å². The monoisotopic (exact) mass is 223 g/mol. The SMILES string of the molecule is CCOC(=O)[C@H](CO)Nc1ccc(C)cc1. The molecule has 0 aliphatic carbocycles. The van der Waals surface area contributed by atoms with Crippen molar-refractivity contribution in [2.75, 3.05) is 18.5 Å². The van der Waals surface area contributed by atoms with Crippen molar-refractivity contribution in [2.45, 2.75) is 19.9 Å². The molecule has 1 rings (SSSR count). The first-order valence-corrected chi connectivity index (χ1v) is 5.28. The molecule has 4 nitrogen and oxygen atoms in total. The Hall–Kier alpha value is -1.55. The molecule has 0 saturated carbocycles. The van der Waals surface area contributed by atoms with E-state index in [0.29, 0.717) is 6.61 Å². The van der Waals surface area contributed by atoms with Crippen LogP contribution in [0.5, 0.6) is 0 Å². The summed E-state index contributed by atoms with van der Waals surface area (Å²) in [5, 5.41) is 12.0. The number of ether oxygens (including phenoxy) is 1. The molecule has 0 radical (unpaired) electrons. The average Bonchev–Trinajstić information content (AvgIpc) is 2.28. The molecule has 1 aromatic carbocycles. The molecule has 0 amide bonds. The number of carbonyl (C=O) groups is 1. The van der Waals surface area contributed by atoms with Crippen molar-refractivity contribution in [1.29, 1.82) is 0 Å². The highest BCUT2D eigenvalue weighted by atomic mass is 16.5. The van der Waals surface area contributed by atoms with Crippen molar-refractivity contribution in [1.82, 2.24) is 0 Å². The normalized spacial score (nSPS) is 11.9. The molecule has 88 valence electrons. The Bertz CT molecular complexity index is 335. The summed E-state index contributed by atoms with van der Waals surface area (Å²) in [5.41, 5.74) is 1.93. The Morgan fingerprint density at radius 1 is 1.44 bits per heavy atom. The first-order chi connectivity index (χ1) is 7.67. The van der Waals surface area contributed by atoms with Gasteiger partial charge in [0.1, 0.15) is 6.04 Å². The highest BCUT2D eigenvalue weighted by molar-refractivity contribution is 5.79. The van der Waals surface area contributed by atoms with Gasteiger partial charge in [-0.25, -0.2) is 4.79 Å². The third-order valence-electron chi connectivity index (χ3n) is 2.15. The number of hydrogen-bond acceptors (Lipinski definition) is 4. The van der Waals surface area contributed by atoms with Gasteiger partial charge >= 0.3 is 5.97 Å². The van der Waals surface area contributed by atoms with Crippen LogP contribution in [0.2, 0.25) is 0 Å². The molecule has 16 heavy (non-hydrogen) atoms. The summed E-state index contributed by atoms with van der Waals surface area (Å²) in [7, 11) is 0. The van der Waals surface area contributed by atoms with Crippen molar-refractivity contribution in [2.24, 2.45) is 0 Å². The highest BCUT2D eigenvalue weighted by Crippen LogP contribution is 2.10.